The second kappa shape index (κ2) is 11.8. The molecular formula is C46H31NO. The predicted octanol–water partition coefficient (Wildman–Crippen LogP) is 13.2. The first-order valence-electron chi connectivity index (χ1n) is 16.3. The number of hydrogen-bond donors (Lipinski definition) is 0. The third kappa shape index (κ3) is 4.92. The van der Waals surface area contributed by atoms with E-state index in [0.29, 0.717) is 0 Å². The first-order chi connectivity index (χ1) is 23.8. The van der Waals surface area contributed by atoms with Crippen LogP contribution in [0.25, 0.3) is 66.1 Å². The summed E-state index contributed by atoms with van der Waals surface area (Å²) in [6.07, 6.45) is 0. The summed E-state index contributed by atoms with van der Waals surface area (Å²) in [5.41, 5.74) is 12.1. The first-order valence-corrected chi connectivity index (χ1v) is 16.3. The average Bonchev–Trinajstić information content (AvgIpc) is 3.54. The number of fused-ring (bicyclic) bond motifs is 4. The van der Waals surface area contributed by atoms with Crippen molar-refractivity contribution in [3.8, 4) is 33.4 Å². The van der Waals surface area contributed by atoms with E-state index in [1.807, 2.05) is 12.1 Å². The minimum Gasteiger partial charge on any atom is -0.456 e. The van der Waals surface area contributed by atoms with E-state index in [0.717, 1.165) is 50.1 Å². The fraction of sp³-hybridized carbons (Fsp3) is 0. The van der Waals surface area contributed by atoms with Crippen LogP contribution in [-0.4, -0.2) is 0 Å². The summed E-state index contributed by atoms with van der Waals surface area (Å²) >= 11 is 0. The molecule has 0 saturated heterocycles. The van der Waals surface area contributed by atoms with Crippen LogP contribution < -0.4 is 4.90 Å². The number of rotatable bonds is 6. The number of para-hydroxylation sites is 2. The van der Waals surface area contributed by atoms with Crippen molar-refractivity contribution < 1.29 is 4.42 Å². The van der Waals surface area contributed by atoms with Crippen molar-refractivity contribution in [3.05, 3.63) is 188 Å². The number of nitrogens with zero attached hydrogens (tertiary/aromatic N) is 1. The smallest absolute Gasteiger partial charge is 0.136 e. The molecule has 0 N–H and O–H groups in total. The van der Waals surface area contributed by atoms with Crippen LogP contribution in [0.15, 0.2) is 192 Å². The maximum absolute atomic E-state index is 6.31. The zero-order valence-electron chi connectivity index (χ0n) is 26.3. The molecule has 0 spiro atoms. The van der Waals surface area contributed by atoms with E-state index >= 15 is 0 Å². The van der Waals surface area contributed by atoms with Gasteiger partial charge in [-0.15, -0.1) is 0 Å². The van der Waals surface area contributed by atoms with Gasteiger partial charge in [-0.1, -0.05) is 140 Å². The van der Waals surface area contributed by atoms with Crippen molar-refractivity contribution in [2.75, 3.05) is 4.90 Å². The Balaban J connectivity index is 1.18. The molecule has 2 nitrogen and oxygen atoms in total. The van der Waals surface area contributed by atoms with Crippen molar-refractivity contribution in [1.29, 1.82) is 0 Å². The number of benzene rings is 8. The highest BCUT2D eigenvalue weighted by Gasteiger charge is 2.19. The molecule has 1 aromatic heterocycles. The Labute approximate surface area is 279 Å². The van der Waals surface area contributed by atoms with Crippen LogP contribution in [0.5, 0.6) is 0 Å². The Morgan fingerprint density at radius 2 is 0.896 bits per heavy atom. The lowest BCUT2D eigenvalue weighted by Crippen LogP contribution is -2.11. The molecule has 0 aliphatic heterocycles. The monoisotopic (exact) mass is 613 g/mol. The molecule has 226 valence electrons. The Hall–Kier alpha value is -6.38. The van der Waals surface area contributed by atoms with Crippen LogP contribution in [0.2, 0.25) is 0 Å². The second-order valence-corrected chi connectivity index (χ2v) is 12.1. The summed E-state index contributed by atoms with van der Waals surface area (Å²) in [7, 11) is 0. The Kier molecular flexibility index (Phi) is 6.84. The standard InChI is InChI=1S/C46H31NO/c1-2-11-32(12-3-1)33-21-26-37(27-22-33)47(38-28-23-35(24-29-38)40-18-10-14-34-13-4-5-15-39(34)40)44-19-8-6-16-41(44)36-25-30-43-42-17-7-9-20-45(42)48-46(43)31-36/h1-31H. The highest BCUT2D eigenvalue weighted by molar-refractivity contribution is 6.06. The summed E-state index contributed by atoms with van der Waals surface area (Å²) in [6, 6.07) is 66.9. The summed E-state index contributed by atoms with van der Waals surface area (Å²) in [4.78, 5) is 2.36. The van der Waals surface area contributed by atoms with Gasteiger partial charge in [0.15, 0.2) is 0 Å². The molecule has 9 rings (SSSR count). The molecule has 1 heterocycles. The maximum Gasteiger partial charge on any atom is 0.136 e. The largest absolute Gasteiger partial charge is 0.456 e. The summed E-state index contributed by atoms with van der Waals surface area (Å²) in [5.74, 6) is 0. The van der Waals surface area contributed by atoms with Crippen LogP contribution in [0.4, 0.5) is 17.1 Å². The van der Waals surface area contributed by atoms with E-state index in [-0.39, 0.29) is 0 Å². The van der Waals surface area contributed by atoms with E-state index in [2.05, 4.69) is 181 Å². The fourth-order valence-electron chi connectivity index (χ4n) is 6.93. The van der Waals surface area contributed by atoms with Gasteiger partial charge in [0.05, 0.1) is 5.69 Å². The molecule has 0 saturated carbocycles. The van der Waals surface area contributed by atoms with E-state index < -0.39 is 0 Å². The van der Waals surface area contributed by atoms with Gasteiger partial charge in [0.25, 0.3) is 0 Å². The molecule has 0 radical (unpaired) electrons. The van der Waals surface area contributed by atoms with Gasteiger partial charge in [0.1, 0.15) is 11.2 Å². The van der Waals surface area contributed by atoms with E-state index in [1.165, 1.54) is 33.0 Å². The molecule has 48 heavy (non-hydrogen) atoms. The Bertz CT molecular complexity index is 2540. The molecule has 0 aliphatic carbocycles. The summed E-state index contributed by atoms with van der Waals surface area (Å²) in [5, 5.41) is 4.77. The van der Waals surface area contributed by atoms with Gasteiger partial charge in [-0.2, -0.15) is 0 Å². The molecule has 8 aromatic carbocycles. The van der Waals surface area contributed by atoms with Gasteiger partial charge in [-0.3, -0.25) is 0 Å². The zero-order valence-corrected chi connectivity index (χ0v) is 26.3. The van der Waals surface area contributed by atoms with E-state index in [4.69, 9.17) is 4.42 Å². The summed E-state index contributed by atoms with van der Waals surface area (Å²) in [6.45, 7) is 0. The lowest BCUT2D eigenvalue weighted by molar-refractivity contribution is 0.669. The normalized spacial score (nSPS) is 11.3. The molecule has 0 atom stereocenters. The molecule has 0 fully saturated rings. The van der Waals surface area contributed by atoms with Crippen LogP contribution in [0, 0.1) is 0 Å². The van der Waals surface area contributed by atoms with Crippen LogP contribution in [0.3, 0.4) is 0 Å². The third-order valence-electron chi connectivity index (χ3n) is 9.29. The van der Waals surface area contributed by atoms with Gasteiger partial charge < -0.3 is 9.32 Å². The van der Waals surface area contributed by atoms with Gasteiger partial charge in [-0.05, 0) is 87.1 Å². The number of anilines is 3. The van der Waals surface area contributed by atoms with Gasteiger partial charge in [0, 0.05) is 27.7 Å². The minimum absolute atomic E-state index is 0.890. The molecule has 0 amide bonds. The Morgan fingerprint density at radius 1 is 0.333 bits per heavy atom. The quantitative estimate of drug-likeness (QED) is 0.185. The van der Waals surface area contributed by atoms with Gasteiger partial charge in [-0.25, -0.2) is 0 Å². The molecule has 0 bridgehead atoms. The van der Waals surface area contributed by atoms with Gasteiger partial charge >= 0.3 is 0 Å². The van der Waals surface area contributed by atoms with Crippen molar-refractivity contribution >= 4 is 49.8 Å². The average molecular weight is 614 g/mol. The molecule has 0 aliphatic rings. The molecule has 9 aromatic rings. The second-order valence-electron chi connectivity index (χ2n) is 12.1. The fourth-order valence-corrected chi connectivity index (χ4v) is 6.93. The maximum atomic E-state index is 6.31. The highest BCUT2D eigenvalue weighted by Crippen LogP contribution is 2.43. The van der Waals surface area contributed by atoms with Crippen molar-refractivity contribution in [3.63, 3.8) is 0 Å². The lowest BCUT2D eigenvalue weighted by atomic mass is 9.97. The summed E-state index contributed by atoms with van der Waals surface area (Å²) < 4.78 is 6.31. The van der Waals surface area contributed by atoms with E-state index in [9.17, 15) is 0 Å². The van der Waals surface area contributed by atoms with E-state index in [1.54, 1.807) is 0 Å². The zero-order chi connectivity index (χ0) is 31.9. The van der Waals surface area contributed by atoms with Crippen LogP contribution in [0.1, 0.15) is 0 Å². The SMILES string of the molecule is c1ccc(-c2ccc(N(c3ccc(-c4cccc5ccccc45)cc3)c3ccccc3-c3ccc4c(c3)oc3ccccc34)cc2)cc1. The first kappa shape index (κ1) is 27.9. The van der Waals surface area contributed by atoms with Crippen LogP contribution in [-0.2, 0) is 0 Å². The number of hydrogen-bond acceptors (Lipinski definition) is 2. The Morgan fingerprint density at radius 3 is 1.71 bits per heavy atom. The van der Waals surface area contributed by atoms with Crippen molar-refractivity contribution in [2.24, 2.45) is 0 Å². The minimum atomic E-state index is 0.890. The molecule has 2 heteroatoms. The molecule has 0 unspecified atom stereocenters. The highest BCUT2D eigenvalue weighted by atomic mass is 16.3. The predicted molar refractivity (Wildman–Crippen MR) is 202 cm³/mol. The lowest BCUT2D eigenvalue weighted by Gasteiger charge is -2.28. The third-order valence-corrected chi connectivity index (χ3v) is 9.29. The number of furan rings is 1. The van der Waals surface area contributed by atoms with Crippen LogP contribution >= 0.6 is 0 Å². The topological polar surface area (TPSA) is 16.4 Å². The van der Waals surface area contributed by atoms with Crippen molar-refractivity contribution in [2.45, 2.75) is 0 Å². The molecular weight excluding hydrogens is 583 g/mol. The van der Waals surface area contributed by atoms with Gasteiger partial charge in [0.2, 0.25) is 0 Å². The van der Waals surface area contributed by atoms with Crippen molar-refractivity contribution in [1.82, 2.24) is 0 Å².